The van der Waals surface area contributed by atoms with Crippen molar-refractivity contribution in [1.29, 1.82) is 0 Å². The van der Waals surface area contributed by atoms with Crippen LogP contribution in [-0.2, 0) is 11.2 Å². The topological polar surface area (TPSA) is 108 Å². The third-order valence-corrected chi connectivity index (χ3v) is 4.06. The van der Waals surface area contributed by atoms with Gasteiger partial charge in [-0.05, 0) is 18.6 Å². The first-order chi connectivity index (χ1) is 9.10. The number of carbonyl (C=O) groups is 1. The fourth-order valence-corrected chi connectivity index (χ4v) is 3.08. The second-order valence-corrected chi connectivity index (χ2v) is 5.20. The highest BCUT2D eigenvalue weighted by atomic mass is 32.1. The lowest BCUT2D eigenvalue weighted by Crippen LogP contribution is -1.99. The molecule has 4 N–H and O–H groups in total. The van der Waals surface area contributed by atoms with Crippen LogP contribution in [0, 0.1) is 6.92 Å². The first-order valence-electron chi connectivity index (χ1n) is 5.65. The predicted octanol–water partition coefficient (Wildman–Crippen LogP) is 1.45. The summed E-state index contributed by atoms with van der Waals surface area (Å²) in [5.74, 6) is 0.502. The van der Waals surface area contributed by atoms with E-state index in [-0.39, 0.29) is 5.95 Å². The summed E-state index contributed by atoms with van der Waals surface area (Å²) < 4.78 is 0.777. The Hall–Kier alpha value is -2.28. The van der Waals surface area contributed by atoms with E-state index in [1.165, 1.54) is 11.3 Å². The fraction of sp³-hybridized carbons (Fsp3) is 0.167. The van der Waals surface area contributed by atoms with Crippen molar-refractivity contribution < 1.29 is 4.79 Å². The Morgan fingerprint density at radius 1 is 1.32 bits per heavy atom. The van der Waals surface area contributed by atoms with E-state index in [0.29, 0.717) is 17.8 Å². The number of hydrogen-bond donors (Lipinski definition) is 2. The molecule has 0 fully saturated rings. The Labute approximate surface area is 112 Å². The van der Waals surface area contributed by atoms with Gasteiger partial charge >= 0.3 is 0 Å². The van der Waals surface area contributed by atoms with Crippen LogP contribution in [0.1, 0.15) is 11.3 Å². The van der Waals surface area contributed by atoms with Gasteiger partial charge in [-0.1, -0.05) is 0 Å². The van der Waals surface area contributed by atoms with Gasteiger partial charge in [-0.15, -0.1) is 11.3 Å². The molecule has 0 aromatic carbocycles. The molecule has 7 heteroatoms. The van der Waals surface area contributed by atoms with Crippen molar-refractivity contribution in [2.75, 3.05) is 11.5 Å². The summed E-state index contributed by atoms with van der Waals surface area (Å²) in [5.41, 5.74) is 13.9. The van der Waals surface area contributed by atoms with Gasteiger partial charge in [0, 0.05) is 17.5 Å². The van der Waals surface area contributed by atoms with Gasteiger partial charge in [0.15, 0.2) is 0 Å². The van der Waals surface area contributed by atoms with Crippen LogP contribution in [0.4, 0.5) is 11.8 Å². The molecule has 3 aromatic rings. The number of aryl methyl sites for hydroxylation is 1. The van der Waals surface area contributed by atoms with Crippen molar-refractivity contribution in [2.24, 2.45) is 0 Å². The number of nitrogen functional groups attached to an aromatic ring is 2. The summed E-state index contributed by atoms with van der Waals surface area (Å²) in [6.45, 7) is 1.88. The maximum absolute atomic E-state index is 10.7. The lowest BCUT2D eigenvalue weighted by Gasteiger charge is -2.01. The minimum atomic E-state index is 0.141. The lowest BCUT2D eigenvalue weighted by atomic mass is 10.1. The number of nitrogens with two attached hydrogens (primary N) is 2. The Morgan fingerprint density at radius 3 is 2.84 bits per heavy atom. The minimum Gasteiger partial charge on any atom is -0.382 e. The van der Waals surface area contributed by atoms with Crippen LogP contribution < -0.4 is 11.5 Å². The number of thiophene rings is 1. The number of hydrogen-bond acceptors (Lipinski definition) is 7. The zero-order valence-electron chi connectivity index (χ0n) is 10.2. The monoisotopic (exact) mass is 273 g/mol. The number of aldehydes is 1. The number of carbonyl (C=O) groups excluding carboxylic acids is 1. The smallest absolute Gasteiger partial charge is 0.222 e. The van der Waals surface area contributed by atoms with Gasteiger partial charge in [-0.3, -0.25) is 0 Å². The molecule has 0 aliphatic carbocycles. The molecule has 0 unspecified atom stereocenters. The molecular weight excluding hydrogens is 262 g/mol. The molecule has 0 bridgehead atoms. The minimum absolute atomic E-state index is 0.141. The van der Waals surface area contributed by atoms with Crippen molar-refractivity contribution in [3.05, 3.63) is 17.3 Å². The Bertz CT molecular complexity index is 811. The van der Waals surface area contributed by atoms with Crippen LogP contribution in [0.3, 0.4) is 0 Å². The fourth-order valence-electron chi connectivity index (χ4n) is 2.03. The van der Waals surface area contributed by atoms with Crippen molar-refractivity contribution in [1.82, 2.24) is 15.0 Å². The molecule has 19 heavy (non-hydrogen) atoms. The average Bonchev–Trinajstić information content (AvgIpc) is 2.68. The van der Waals surface area contributed by atoms with E-state index in [2.05, 4.69) is 15.0 Å². The van der Waals surface area contributed by atoms with Crippen molar-refractivity contribution in [2.45, 2.75) is 13.3 Å². The molecule has 96 valence electrons. The largest absolute Gasteiger partial charge is 0.382 e. The standard InChI is InChI=1S/C12H11N5OS/c1-5-6(2-3-18)4-7-8-9(19-11(7)15-5)10(13)17-12(14)16-8/h3-4H,2H2,1H3,(H4,13,14,16,17). The number of nitrogens with zero attached hydrogens (tertiary/aromatic N) is 3. The molecule has 0 spiro atoms. The average molecular weight is 273 g/mol. The zero-order valence-corrected chi connectivity index (χ0v) is 11.0. The number of aromatic nitrogens is 3. The summed E-state index contributed by atoms with van der Waals surface area (Å²) in [5, 5.41) is 0.864. The van der Waals surface area contributed by atoms with Crippen LogP contribution in [0.15, 0.2) is 6.07 Å². The number of pyridine rings is 1. The Balaban J connectivity index is 2.42. The Morgan fingerprint density at radius 2 is 2.11 bits per heavy atom. The highest BCUT2D eigenvalue weighted by Crippen LogP contribution is 2.35. The van der Waals surface area contributed by atoms with Crippen LogP contribution in [0.25, 0.3) is 20.4 Å². The van der Waals surface area contributed by atoms with Crippen LogP contribution in [0.2, 0.25) is 0 Å². The summed E-state index contributed by atoms with van der Waals surface area (Å²) in [7, 11) is 0. The zero-order chi connectivity index (χ0) is 13.6. The van der Waals surface area contributed by atoms with Crippen LogP contribution in [0.5, 0.6) is 0 Å². The van der Waals surface area contributed by atoms with Gasteiger partial charge < -0.3 is 16.3 Å². The van der Waals surface area contributed by atoms with Gasteiger partial charge in [0.25, 0.3) is 0 Å². The molecule has 0 aliphatic heterocycles. The molecule has 0 amide bonds. The van der Waals surface area contributed by atoms with E-state index in [4.69, 9.17) is 11.5 Å². The van der Waals surface area contributed by atoms with E-state index in [0.717, 1.165) is 32.5 Å². The number of fused-ring (bicyclic) bond motifs is 3. The molecule has 0 saturated carbocycles. The Kier molecular flexibility index (Phi) is 2.56. The van der Waals surface area contributed by atoms with E-state index in [1.807, 2.05) is 13.0 Å². The molecule has 0 aliphatic rings. The van der Waals surface area contributed by atoms with Crippen LogP contribution >= 0.6 is 11.3 Å². The van der Waals surface area contributed by atoms with E-state index < -0.39 is 0 Å². The maximum atomic E-state index is 10.7. The van der Waals surface area contributed by atoms with Gasteiger partial charge in [0.1, 0.15) is 16.9 Å². The van der Waals surface area contributed by atoms with Crippen molar-refractivity contribution >= 4 is 49.8 Å². The normalized spacial score (nSPS) is 11.2. The van der Waals surface area contributed by atoms with Gasteiger partial charge in [-0.25, -0.2) is 9.97 Å². The van der Waals surface area contributed by atoms with Crippen molar-refractivity contribution in [3.8, 4) is 0 Å². The molecule has 0 atom stereocenters. The lowest BCUT2D eigenvalue weighted by molar-refractivity contribution is -0.107. The molecule has 0 saturated heterocycles. The van der Waals surface area contributed by atoms with E-state index >= 15 is 0 Å². The molecule has 3 heterocycles. The first kappa shape index (κ1) is 11.8. The molecule has 3 aromatic heterocycles. The van der Waals surface area contributed by atoms with Gasteiger partial charge in [-0.2, -0.15) is 4.98 Å². The van der Waals surface area contributed by atoms with Crippen LogP contribution in [-0.4, -0.2) is 21.2 Å². The molecule has 3 rings (SSSR count). The van der Waals surface area contributed by atoms with Crippen molar-refractivity contribution in [3.63, 3.8) is 0 Å². The highest BCUT2D eigenvalue weighted by molar-refractivity contribution is 7.25. The number of rotatable bonds is 2. The van der Waals surface area contributed by atoms with E-state index in [9.17, 15) is 4.79 Å². The first-order valence-corrected chi connectivity index (χ1v) is 6.47. The molecule has 0 radical (unpaired) electrons. The van der Waals surface area contributed by atoms with Gasteiger partial charge in [0.2, 0.25) is 5.95 Å². The third-order valence-electron chi connectivity index (χ3n) is 2.95. The summed E-state index contributed by atoms with van der Waals surface area (Å²) in [6.07, 6.45) is 1.20. The maximum Gasteiger partial charge on any atom is 0.222 e. The summed E-state index contributed by atoms with van der Waals surface area (Å²) in [6, 6.07) is 1.93. The number of anilines is 2. The second-order valence-electron chi connectivity index (χ2n) is 4.20. The van der Waals surface area contributed by atoms with Gasteiger partial charge in [0.05, 0.1) is 10.2 Å². The molecular formula is C12H11N5OS. The quantitative estimate of drug-likeness (QED) is 0.684. The third kappa shape index (κ3) is 1.78. The predicted molar refractivity (Wildman–Crippen MR) is 76.0 cm³/mol. The summed E-state index contributed by atoms with van der Waals surface area (Å²) in [4.78, 5) is 24.2. The highest BCUT2D eigenvalue weighted by Gasteiger charge is 2.14. The summed E-state index contributed by atoms with van der Waals surface area (Å²) >= 11 is 1.43. The van der Waals surface area contributed by atoms with E-state index in [1.54, 1.807) is 0 Å². The SMILES string of the molecule is Cc1nc2sc3c(N)nc(N)nc3c2cc1CC=O. The second kappa shape index (κ2) is 4.13. The molecule has 6 nitrogen and oxygen atoms in total.